The molecular formula is C14H20N2O4S. The topological polar surface area (TPSA) is 84.5 Å². The summed E-state index contributed by atoms with van der Waals surface area (Å²) in [5, 5.41) is 3.25. The highest BCUT2D eigenvalue weighted by Crippen LogP contribution is 2.14. The van der Waals surface area contributed by atoms with Crippen LogP contribution in [0.3, 0.4) is 0 Å². The Morgan fingerprint density at radius 2 is 2.10 bits per heavy atom. The first-order chi connectivity index (χ1) is 10.0. The van der Waals surface area contributed by atoms with Crippen LogP contribution in [-0.4, -0.2) is 41.1 Å². The van der Waals surface area contributed by atoms with Gasteiger partial charge in [-0.3, -0.25) is 0 Å². The number of hydrogen-bond donors (Lipinski definition) is 2. The number of ether oxygens (including phenoxy) is 1. The average molecular weight is 312 g/mol. The Labute approximate surface area is 124 Å². The molecule has 0 bridgehead atoms. The number of sulfonamides is 1. The summed E-state index contributed by atoms with van der Waals surface area (Å²) >= 11 is 0. The molecule has 0 spiro atoms. The molecule has 0 radical (unpaired) electrons. The van der Waals surface area contributed by atoms with Crippen LogP contribution in [0.25, 0.3) is 0 Å². The van der Waals surface area contributed by atoms with Gasteiger partial charge in [0.25, 0.3) is 0 Å². The van der Waals surface area contributed by atoms with Crippen LogP contribution in [0, 0.1) is 5.92 Å². The Morgan fingerprint density at radius 1 is 1.38 bits per heavy atom. The average Bonchev–Trinajstić information content (AvgIpc) is 2.99. The third kappa shape index (κ3) is 4.26. The highest BCUT2D eigenvalue weighted by atomic mass is 32.2. The van der Waals surface area contributed by atoms with Crippen LogP contribution >= 0.6 is 0 Å². The van der Waals surface area contributed by atoms with Crippen molar-refractivity contribution in [3.05, 3.63) is 29.8 Å². The summed E-state index contributed by atoms with van der Waals surface area (Å²) in [4.78, 5) is 11.5. The SMILES string of the molecule is COC(=O)c1ccc(S(=O)(=O)NCCC2CCNC2)cc1. The summed E-state index contributed by atoms with van der Waals surface area (Å²) in [5.74, 6) is 0.0510. The number of rotatable bonds is 6. The van der Waals surface area contributed by atoms with E-state index in [-0.39, 0.29) is 4.90 Å². The molecule has 0 aliphatic carbocycles. The Bertz CT molecular complexity index is 577. The van der Waals surface area contributed by atoms with Crippen molar-refractivity contribution in [2.24, 2.45) is 5.92 Å². The molecule has 1 aliphatic rings. The summed E-state index contributed by atoms with van der Waals surface area (Å²) < 4.78 is 31.4. The molecule has 1 aliphatic heterocycles. The summed E-state index contributed by atoms with van der Waals surface area (Å²) in [6, 6.07) is 5.71. The minimum absolute atomic E-state index is 0.153. The molecule has 1 aromatic carbocycles. The van der Waals surface area contributed by atoms with Crippen molar-refractivity contribution in [1.29, 1.82) is 0 Å². The van der Waals surface area contributed by atoms with Gasteiger partial charge >= 0.3 is 5.97 Å². The number of carbonyl (C=O) groups is 1. The van der Waals surface area contributed by atoms with Gasteiger partial charge in [-0.05, 0) is 56.1 Å². The molecule has 21 heavy (non-hydrogen) atoms. The van der Waals surface area contributed by atoms with Crippen LogP contribution < -0.4 is 10.0 Å². The first kappa shape index (κ1) is 15.9. The van der Waals surface area contributed by atoms with Gasteiger partial charge in [-0.25, -0.2) is 17.9 Å². The quantitative estimate of drug-likeness (QED) is 0.757. The summed E-state index contributed by atoms with van der Waals surface area (Å²) in [6.07, 6.45) is 1.92. The minimum Gasteiger partial charge on any atom is -0.465 e. The normalized spacial score (nSPS) is 18.6. The van der Waals surface area contributed by atoms with E-state index in [2.05, 4.69) is 14.8 Å². The predicted octanol–water partition coefficient (Wildman–Crippen LogP) is 0.751. The third-order valence-electron chi connectivity index (χ3n) is 3.59. The van der Waals surface area contributed by atoms with E-state index in [9.17, 15) is 13.2 Å². The van der Waals surface area contributed by atoms with E-state index >= 15 is 0 Å². The third-order valence-corrected chi connectivity index (χ3v) is 5.07. The van der Waals surface area contributed by atoms with Gasteiger partial charge in [0.2, 0.25) is 10.0 Å². The number of methoxy groups -OCH3 is 1. The standard InChI is InChI=1S/C14H20N2O4S/c1-20-14(17)12-2-4-13(5-3-12)21(18,19)16-9-7-11-6-8-15-10-11/h2-5,11,15-16H,6-10H2,1H3. The lowest BCUT2D eigenvalue weighted by molar-refractivity contribution is 0.0600. The minimum atomic E-state index is -3.52. The van der Waals surface area contributed by atoms with Crippen molar-refractivity contribution in [3.63, 3.8) is 0 Å². The smallest absolute Gasteiger partial charge is 0.337 e. The molecule has 1 saturated heterocycles. The number of benzene rings is 1. The molecule has 0 aromatic heterocycles. The van der Waals surface area contributed by atoms with Gasteiger partial charge < -0.3 is 10.1 Å². The fourth-order valence-electron chi connectivity index (χ4n) is 2.33. The maximum absolute atomic E-state index is 12.1. The van der Waals surface area contributed by atoms with E-state index in [1.165, 1.54) is 31.4 Å². The lowest BCUT2D eigenvalue weighted by Crippen LogP contribution is -2.26. The van der Waals surface area contributed by atoms with Gasteiger partial charge in [0.1, 0.15) is 0 Å². The number of esters is 1. The van der Waals surface area contributed by atoms with Crippen LogP contribution in [-0.2, 0) is 14.8 Å². The molecule has 1 fully saturated rings. The number of hydrogen-bond acceptors (Lipinski definition) is 5. The van der Waals surface area contributed by atoms with Gasteiger partial charge in [0, 0.05) is 6.54 Å². The van der Waals surface area contributed by atoms with Gasteiger partial charge in [-0.1, -0.05) is 0 Å². The van der Waals surface area contributed by atoms with Crippen molar-refractivity contribution in [1.82, 2.24) is 10.0 Å². The lowest BCUT2D eigenvalue weighted by atomic mass is 10.1. The molecule has 1 atom stereocenters. The molecule has 7 heteroatoms. The molecule has 6 nitrogen and oxygen atoms in total. The zero-order chi connectivity index (χ0) is 15.3. The van der Waals surface area contributed by atoms with Crippen LogP contribution in [0.4, 0.5) is 0 Å². The molecule has 1 unspecified atom stereocenters. The monoisotopic (exact) mass is 312 g/mol. The molecule has 0 amide bonds. The van der Waals surface area contributed by atoms with Crippen molar-refractivity contribution in [2.75, 3.05) is 26.7 Å². The van der Waals surface area contributed by atoms with Crippen molar-refractivity contribution < 1.29 is 17.9 Å². The number of carbonyl (C=O) groups excluding carboxylic acids is 1. The van der Waals surface area contributed by atoms with E-state index in [1.54, 1.807) is 0 Å². The summed E-state index contributed by atoms with van der Waals surface area (Å²) in [5.41, 5.74) is 0.327. The van der Waals surface area contributed by atoms with E-state index in [0.717, 1.165) is 25.9 Å². The Morgan fingerprint density at radius 3 is 2.67 bits per heavy atom. The molecule has 116 valence electrons. The summed E-state index contributed by atoms with van der Waals surface area (Å²) in [7, 11) is -2.24. The number of nitrogens with one attached hydrogen (secondary N) is 2. The first-order valence-electron chi connectivity index (χ1n) is 6.91. The molecule has 2 rings (SSSR count). The molecule has 1 heterocycles. The van der Waals surface area contributed by atoms with Crippen molar-refractivity contribution >= 4 is 16.0 Å². The van der Waals surface area contributed by atoms with Crippen LogP contribution in [0.15, 0.2) is 29.2 Å². The Kier molecular flexibility index (Phi) is 5.33. The van der Waals surface area contributed by atoms with E-state index in [4.69, 9.17) is 0 Å². The van der Waals surface area contributed by atoms with E-state index in [1.807, 2.05) is 0 Å². The van der Waals surface area contributed by atoms with E-state index in [0.29, 0.717) is 18.0 Å². The van der Waals surface area contributed by atoms with Gasteiger partial charge in [-0.2, -0.15) is 0 Å². The fourth-order valence-corrected chi connectivity index (χ4v) is 3.38. The van der Waals surface area contributed by atoms with Gasteiger partial charge in [-0.15, -0.1) is 0 Å². The van der Waals surface area contributed by atoms with Crippen LogP contribution in [0.2, 0.25) is 0 Å². The maximum atomic E-state index is 12.1. The zero-order valence-electron chi connectivity index (χ0n) is 12.0. The zero-order valence-corrected chi connectivity index (χ0v) is 12.8. The second kappa shape index (κ2) is 7.02. The second-order valence-corrected chi connectivity index (χ2v) is 6.83. The Hall–Kier alpha value is -1.44. The second-order valence-electron chi connectivity index (χ2n) is 5.06. The largest absolute Gasteiger partial charge is 0.465 e. The van der Waals surface area contributed by atoms with Crippen molar-refractivity contribution in [3.8, 4) is 0 Å². The van der Waals surface area contributed by atoms with Crippen LogP contribution in [0.5, 0.6) is 0 Å². The molecular weight excluding hydrogens is 292 g/mol. The lowest BCUT2D eigenvalue weighted by Gasteiger charge is -2.10. The summed E-state index contributed by atoms with van der Waals surface area (Å²) in [6.45, 7) is 2.38. The van der Waals surface area contributed by atoms with E-state index < -0.39 is 16.0 Å². The molecule has 2 N–H and O–H groups in total. The van der Waals surface area contributed by atoms with Gasteiger partial charge in [0.15, 0.2) is 0 Å². The predicted molar refractivity (Wildman–Crippen MR) is 78.6 cm³/mol. The highest BCUT2D eigenvalue weighted by molar-refractivity contribution is 7.89. The van der Waals surface area contributed by atoms with Crippen LogP contribution in [0.1, 0.15) is 23.2 Å². The Balaban J connectivity index is 1.93. The molecule has 1 aromatic rings. The van der Waals surface area contributed by atoms with Gasteiger partial charge in [0.05, 0.1) is 17.6 Å². The fraction of sp³-hybridized carbons (Fsp3) is 0.500. The van der Waals surface area contributed by atoms with Crippen molar-refractivity contribution in [2.45, 2.75) is 17.7 Å². The first-order valence-corrected chi connectivity index (χ1v) is 8.40. The molecule has 0 saturated carbocycles. The maximum Gasteiger partial charge on any atom is 0.337 e. The highest BCUT2D eigenvalue weighted by Gasteiger charge is 2.18.